The van der Waals surface area contributed by atoms with E-state index >= 15 is 0 Å². The summed E-state index contributed by atoms with van der Waals surface area (Å²) in [4.78, 5) is 12.2. The number of halogens is 3. The Balaban J connectivity index is 1.72. The van der Waals surface area contributed by atoms with Crippen molar-refractivity contribution in [3.63, 3.8) is 0 Å². The van der Waals surface area contributed by atoms with Crippen LogP contribution in [0.1, 0.15) is 28.8 Å². The smallest absolute Gasteiger partial charge is 0.322 e. The van der Waals surface area contributed by atoms with E-state index in [2.05, 4.69) is 5.32 Å². The Bertz CT molecular complexity index is 935. The largest absolute Gasteiger partial charge is 0.416 e. The van der Waals surface area contributed by atoms with Crippen molar-refractivity contribution in [2.24, 2.45) is 0 Å². The number of alkyl halides is 3. The zero-order chi connectivity index (χ0) is 19.8. The van der Waals surface area contributed by atoms with Crippen LogP contribution in [0.4, 0.5) is 24.5 Å². The molecule has 0 bridgehead atoms. The van der Waals surface area contributed by atoms with Gasteiger partial charge >= 0.3 is 6.18 Å². The van der Waals surface area contributed by atoms with Crippen LogP contribution >= 0.6 is 0 Å². The topological polar surface area (TPSA) is 66.5 Å². The molecular weight excluding hydrogens is 381 g/mol. The molecule has 2 aromatic rings. The van der Waals surface area contributed by atoms with Gasteiger partial charge in [0, 0.05) is 17.3 Å². The summed E-state index contributed by atoms with van der Waals surface area (Å²) in [5.41, 5.74) is 0.174. The molecule has 0 saturated heterocycles. The van der Waals surface area contributed by atoms with Crippen molar-refractivity contribution < 1.29 is 26.4 Å². The maximum absolute atomic E-state index is 12.6. The van der Waals surface area contributed by atoms with Crippen molar-refractivity contribution >= 4 is 27.3 Å². The van der Waals surface area contributed by atoms with E-state index in [4.69, 9.17) is 0 Å². The Morgan fingerprint density at radius 3 is 2.04 bits per heavy atom. The van der Waals surface area contributed by atoms with Crippen LogP contribution in [0.25, 0.3) is 0 Å². The highest BCUT2D eigenvalue weighted by molar-refractivity contribution is 7.92. The van der Waals surface area contributed by atoms with Gasteiger partial charge in [-0.25, -0.2) is 8.42 Å². The van der Waals surface area contributed by atoms with Gasteiger partial charge in [0.2, 0.25) is 10.0 Å². The fourth-order valence-electron chi connectivity index (χ4n) is 2.69. The molecule has 144 valence electrons. The number of benzene rings is 2. The van der Waals surface area contributed by atoms with E-state index in [1.54, 1.807) is 24.3 Å². The van der Waals surface area contributed by atoms with E-state index in [1.807, 2.05) is 0 Å². The summed E-state index contributed by atoms with van der Waals surface area (Å²) in [5, 5.41) is 2.58. The fraction of sp³-hybridized carbons (Fsp3) is 0.278. The van der Waals surface area contributed by atoms with Gasteiger partial charge < -0.3 is 5.32 Å². The molecule has 0 aliphatic heterocycles. The third-order valence-electron chi connectivity index (χ3n) is 4.09. The number of hydrogen-bond donors (Lipinski definition) is 1. The minimum Gasteiger partial charge on any atom is -0.322 e. The third-order valence-corrected chi connectivity index (χ3v) is 5.31. The molecular formula is C18H17F3N2O3S. The van der Waals surface area contributed by atoms with Crippen LogP contribution in [0, 0.1) is 0 Å². The van der Waals surface area contributed by atoms with Crippen LogP contribution in [-0.4, -0.2) is 26.6 Å². The predicted molar refractivity (Wildman–Crippen MR) is 96.2 cm³/mol. The Morgan fingerprint density at radius 2 is 1.59 bits per heavy atom. The maximum Gasteiger partial charge on any atom is 0.416 e. The van der Waals surface area contributed by atoms with E-state index in [1.165, 1.54) is 4.31 Å². The van der Waals surface area contributed by atoms with Crippen molar-refractivity contribution in [2.45, 2.75) is 25.1 Å². The Labute approximate surface area is 154 Å². The predicted octanol–water partition coefficient (Wildman–Crippen LogP) is 3.89. The van der Waals surface area contributed by atoms with Gasteiger partial charge in [-0.3, -0.25) is 9.10 Å². The van der Waals surface area contributed by atoms with Gasteiger partial charge in [0.15, 0.2) is 0 Å². The second kappa shape index (κ2) is 6.88. The van der Waals surface area contributed by atoms with Crippen LogP contribution in [0.15, 0.2) is 48.5 Å². The lowest BCUT2D eigenvalue weighted by Gasteiger charge is -2.22. The van der Waals surface area contributed by atoms with Crippen LogP contribution in [0.3, 0.4) is 0 Å². The van der Waals surface area contributed by atoms with Gasteiger partial charge in [-0.15, -0.1) is 0 Å². The first-order valence-electron chi connectivity index (χ1n) is 8.14. The summed E-state index contributed by atoms with van der Waals surface area (Å²) in [7, 11) is -3.40. The SMILES string of the molecule is CS(=O)(=O)N(c1ccc(NC(=O)c2ccc(C(F)(F)F)cc2)cc1)C1CC1. The minimum absolute atomic E-state index is 0.0346. The van der Waals surface area contributed by atoms with Gasteiger partial charge in [-0.2, -0.15) is 13.2 Å². The van der Waals surface area contributed by atoms with Crippen LogP contribution in [-0.2, 0) is 16.2 Å². The first-order chi connectivity index (χ1) is 12.6. The van der Waals surface area contributed by atoms with Crippen molar-refractivity contribution in [3.8, 4) is 0 Å². The molecule has 27 heavy (non-hydrogen) atoms. The molecule has 0 heterocycles. The van der Waals surface area contributed by atoms with Gasteiger partial charge in [-0.05, 0) is 61.4 Å². The monoisotopic (exact) mass is 398 g/mol. The number of anilines is 2. The second-order valence-corrected chi connectivity index (χ2v) is 8.23. The summed E-state index contributed by atoms with van der Waals surface area (Å²) >= 11 is 0. The lowest BCUT2D eigenvalue weighted by Crippen LogP contribution is -2.31. The average molecular weight is 398 g/mol. The molecule has 1 N–H and O–H groups in total. The Hall–Kier alpha value is -2.55. The molecule has 1 saturated carbocycles. The average Bonchev–Trinajstić information content (AvgIpc) is 3.39. The van der Waals surface area contributed by atoms with Gasteiger partial charge in [0.25, 0.3) is 5.91 Å². The molecule has 0 spiro atoms. The number of rotatable bonds is 5. The number of carbonyl (C=O) groups excluding carboxylic acids is 1. The molecule has 9 heteroatoms. The summed E-state index contributed by atoms with van der Waals surface area (Å²) in [5.74, 6) is -0.557. The van der Waals surface area contributed by atoms with Crippen molar-refractivity contribution in [3.05, 3.63) is 59.7 Å². The third kappa shape index (κ3) is 4.60. The number of sulfonamides is 1. The van der Waals surface area contributed by atoms with E-state index in [0.717, 1.165) is 43.4 Å². The van der Waals surface area contributed by atoms with Gasteiger partial charge in [0.05, 0.1) is 17.5 Å². The normalized spacial score (nSPS) is 14.7. The molecule has 0 aromatic heterocycles. The van der Waals surface area contributed by atoms with Crippen LogP contribution in [0.5, 0.6) is 0 Å². The molecule has 0 radical (unpaired) electrons. The van der Waals surface area contributed by atoms with Crippen LogP contribution in [0.2, 0.25) is 0 Å². The zero-order valence-corrected chi connectivity index (χ0v) is 15.1. The summed E-state index contributed by atoms with van der Waals surface area (Å²) in [6.45, 7) is 0. The highest BCUT2D eigenvalue weighted by Gasteiger charge is 2.35. The first-order valence-corrected chi connectivity index (χ1v) is 9.98. The van der Waals surface area contributed by atoms with Crippen molar-refractivity contribution in [1.82, 2.24) is 0 Å². The summed E-state index contributed by atoms with van der Waals surface area (Å²) in [6, 6.07) is 10.1. The van der Waals surface area contributed by atoms with Gasteiger partial charge in [0.1, 0.15) is 0 Å². The number of amides is 1. The lowest BCUT2D eigenvalue weighted by atomic mass is 10.1. The van der Waals surface area contributed by atoms with E-state index < -0.39 is 27.7 Å². The Kier molecular flexibility index (Phi) is 4.90. The number of hydrogen-bond acceptors (Lipinski definition) is 3. The van der Waals surface area contributed by atoms with E-state index in [0.29, 0.717) is 11.4 Å². The molecule has 0 atom stereocenters. The molecule has 2 aromatic carbocycles. The standard InChI is InChI=1S/C18H17F3N2O3S/c1-27(25,26)23(16-10-11-16)15-8-6-14(7-9-15)22-17(24)12-2-4-13(5-3-12)18(19,20)21/h2-9,16H,10-11H2,1H3,(H,22,24). The second-order valence-electron chi connectivity index (χ2n) is 6.37. The maximum atomic E-state index is 12.6. The number of carbonyl (C=O) groups is 1. The zero-order valence-electron chi connectivity index (χ0n) is 14.3. The first kappa shape index (κ1) is 19.2. The van der Waals surface area contributed by atoms with Crippen molar-refractivity contribution in [2.75, 3.05) is 15.9 Å². The lowest BCUT2D eigenvalue weighted by molar-refractivity contribution is -0.137. The molecule has 5 nitrogen and oxygen atoms in total. The number of nitrogens with one attached hydrogen (secondary N) is 1. The molecule has 1 fully saturated rings. The molecule has 3 rings (SSSR count). The molecule has 1 aliphatic carbocycles. The highest BCUT2D eigenvalue weighted by Crippen LogP contribution is 2.34. The van der Waals surface area contributed by atoms with E-state index in [-0.39, 0.29) is 11.6 Å². The molecule has 1 amide bonds. The fourth-order valence-corrected chi connectivity index (χ4v) is 3.94. The number of nitrogens with zero attached hydrogens (tertiary/aromatic N) is 1. The highest BCUT2D eigenvalue weighted by atomic mass is 32.2. The van der Waals surface area contributed by atoms with Crippen LogP contribution < -0.4 is 9.62 Å². The summed E-state index contributed by atoms with van der Waals surface area (Å²) < 4.78 is 62.9. The quantitative estimate of drug-likeness (QED) is 0.831. The van der Waals surface area contributed by atoms with Gasteiger partial charge in [-0.1, -0.05) is 0 Å². The Morgan fingerprint density at radius 1 is 1.04 bits per heavy atom. The van der Waals surface area contributed by atoms with Crippen molar-refractivity contribution in [1.29, 1.82) is 0 Å². The minimum atomic E-state index is -4.46. The molecule has 1 aliphatic rings. The van der Waals surface area contributed by atoms with E-state index in [9.17, 15) is 26.4 Å². The molecule has 0 unspecified atom stereocenters. The summed E-state index contributed by atoms with van der Waals surface area (Å²) in [6.07, 6.45) is -1.71.